The summed E-state index contributed by atoms with van der Waals surface area (Å²) >= 11 is 0. The minimum atomic E-state index is -3.51. The summed E-state index contributed by atoms with van der Waals surface area (Å²) in [6.07, 6.45) is 0. The van der Waals surface area contributed by atoms with Gasteiger partial charge in [-0.2, -0.15) is 0 Å². The molecule has 1 saturated heterocycles. The van der Waals surface area contributed by atoms with Crippen LogP contribution in [0.2, 0.25) is 0 Å². The minimum absolute atomic E-state index is 0.0436. The van der Waals surface area contributed by atoms with Crippen molar-refractivity contribution in [2.75, 3.05) is 13.1 Å². The highest BCUT2D eigenvalue weighted by Crippen LogP contribution is 2.42. The van der Waals surface area contributed by atoms with Gasteiger partial charge in [-0.25, -0.2) is 13.1 Å². The topological polar surface area (TPSA) is 101 Å². The molecular formula is C12H15N3O3S. The first-order valence-electron chi connectivity index (χ1n) is 6.12. The third-order valence-corrected chi connectivity index (χ3v) is 5.31. The molecule has 19 heavy (non-hydrogen) atoms. The Kier molecular flexibility index (Phi) is 2.84. The van der Waals surface area contributed by atoms with Crippen LogP contribution in [0.1, 0.15) is 10.4 Å². The van der Waals surface area contributed by atoms with Gasteiger partial charge in [0.2, 0.25) is 15.9 Å². The molecule has 1 aromatic rings. The van der Waals surface area contributed by atoms with Crippen molar-refractivity contribution in [2.45, 2.75) is 10.9 Å². The highest BCUT2D eigenvalue weighted by atomic mass is 32.2. The van der Waals surface area contributed by atoms with Gasteiger partial charge in [-0.1, -0.05) is 0 Å². The number of piperidine rings is 1. The number of hydrogen-bond acceptors (Lipinski definition) is 4. The number of primary amides is 1. The van der Waals surface area contributed by atoms with Crippen molar-refractivity contribution >= 4 is 15.9 Å². The van der Waals surface area contributed by atoms with Gasteiger partial charge in [-0.15, -0.1) is 0 Å². The number of carbonyl (C=O) groups is 1. The van der Waals surface area contributed by atoms with Gasteiger partial charge < -0.3 is 11.1 Å². The number of fused-ring (bicyclic) bond motifs is 1. The maximum absolute atomic E-state index is 12.1. The van der Waals surface area contributed by atoms with Crippen LogP contribution in [0.5, 0.6) is 0 Å². The zero-order valence-corrected chi connectivity index (χ0v) is 11.0. The summed E-state index contributed by atoms with van der Waals surface area (Å²) in [6.45, 7) is 1.75. The first kappa shape index (κ1) is 12.6. The Balaban J connectivity index is 1.75. The minimum Gasteiger partial charge on any atom is -0.366 e. The zero-order valence-electron chi connectivity index (χ0n) is 10.2. The van der Waals surface area contributed by atoms with Crippen LogP contribution in [0.3, 0.4) is 0 Å². The lowest BCUT2D eigenvalue weighted by Gasteiger charge is -2.09. The Morgan fingerprint density at radius 3 is 2.32 bits per heavy atom. The molecule has 2 atom stereocenters. The molecule has 0 aromatic heterocycles. The van der Waals surface area contributed by atoms with E-state index in [0.717, 1.165) is 13.1 Å². The summed E-state index contributed by atoms with van der Waals surface area (Å²) < 4.78 is 27.0. The molecule has 102 valence electrons. The predicted octanol–water partition coefficient (Wildman–Crippen LogP) is -0.718. The molecule has 1 aliphatic carbocycles. The van der Waals surface area contributed by atoms with E-state index >= 15 is 0 Å². The molecule has 0 spiro atoms. The number of amides is 1. The third-order valence-electron chi connectivity index (χ3n) is 3.83. The van der Waals surface area contributed by atoms with Crippen LogP contribution in [-0.4, -0.2) is 33.5 Å². The van der Waals surface area contributed by atoms with Crippen LogP contribution in [0.15, 0.2) is 29.2 Å². The highest BCUT2D eigenvalue weighted by molar-refractivity contribution is 7.89. The summed E-state index contributed by atoms with van der Waals surface area (Å²) in [6, 6.07) is 5.69. The van der Waals surface area contributed by atoms with Crippen molar-refractivity contribution in [1.82, 2.24) is 10.0 Å². The van der Waals surface area contributed by atoms with Crippen molar-refractivity contribution in [1.29, 1.82) is 0 Å². The van der Waals surface area contributed by atoms with Crippen LogP contribution in [0.4, 0.5) is 0 Å². The lowest BCUT2D eigenvalue weighted by molar-refractivity contribution is 0.1000. The Morgan fingerprint density at radius 1 is 1.21 bits per heavy atom. The van der Waals surface area contributed by atoms with E-state index in [1.165, 1.54) is 24.3 Å². The van der Waals surface area contributed by atoms with E-state index in [-0.39, 0.29) is 10.9 Å². The van der Waals surface area contributed by atoms with Crippen LogP contribution < -0.4 is 15.8 Å². The second-order valence-electron chi connectivity index (χ2n) is 5.02. The molecule has 3 rings (SSSR count). The van der Waals surface area contributed by atoms with Crippen molar-refractivity contribution in [3.63, 3.8) is 0 Å². The van der Waals surface area contributed by atoms with E-state index in [0.29, 0.717) is 17.4 Å². The fourth-order valence-corrected chi connectivity index (χ4v) is 3.98. The van der Waals surface area contributed by atoms with Crippen molar-refractivity contribution in [3.05, 3.63) is 29.8 Å². The highest BCUT2D eigenvalue weighted by Gasteiger charge is 2.54. The molecular weight excluding hydrogens is 266 g/mol. The molecule has 6 nitrogen and oxygen atoms in total. The lowest BCUT2D eigenvalue weighted by atomic mass is 10.2. The summed E-state index contributed by atoms with van der Waals surface area (Å²) in [5.74, 6) is 0.263. The van der Waals surface area contributed by atoms with E-state index < -0.39 is 15.9 Å². The van der Waals surface area contributed by atoms with E-state index in [2.05, 4.69) is 10.0 Å². The number of rotatable bonds is 4. The average molecular weight is 281 g/mol. The van der Waals surface area contributed by atoms with Gasteiger partial charge in [0.15, 0.2) is 0 Å². The average Bonchev–Trinajstić information content (AvgIpc) is 2.82. The SMILES string of the molecule is NC(=O)c1ccc(S(=O)(=O)NC2C3CNCC32)cc1. The monoisotopic (exact) mass is 281 g/mol. The summed E-state index contributed by atoms with van der Waals surface area (Å²) in [5, 5.41) is 3.21. The molecule has 2 unspecified atom stereocenters. The quantitative estimate of drug-likeness (QED) is 0.678. The summed E-state index contributed by atoms with van der Waals surface area (Å²) in [5.41, 5.74) is 5.41. The summed E-state index contributed by atoms with van der Waals surface area (Å²) in [4.78, 5) is 11.1. The van der Waals surface area contributed by atoms with Crippen molar-refractivity contribution < 1.29 is 13.2 Å². The van der Waals surface area contributed by atoms with Gasteiger partial charge in [0.25, 0.3) is 0 Å². The predicted molar refractivity (Wildman–Crippen MR) is 68.9 cm³/mol. The van der Waals surface area contributed by atoms with Gasteiger partial charge in [0.1, 0.15) is 0 Å². The zero-order chi connectivity index (χ0) is 13.6. The maximum atomic E-state index is 12.1. The summed E-state index contributed by atoms with van der Waals surface area (Å²) in [7, 11) is -3.51. The third kappa shape index (κ3) is 2.24. The number of benzene rings is 1. The van der Waals surface area contributed by atoms with E-state index in [1.807, 2.05) is 0 Å². The molecule has 2 fully saturated rings. The molecule has 1 saturated carbocycles. The number of nitrogens with two attached hydrogens (primary N) is 1. The molecule has 1 heterocycles. The van der Waals surface area contributed by atoms with Gasteiger partial charge in [0, 0.05) is 11.6 Å². The van der Waals surface area contributed by atoms with Crippen molar-refractivity contribution in [3.8, 4) is 0 Å². The van der Waals surface area contributed by atoms with Gasteiger partial charge >= 0.3 is 0 Å². The maximum Gasteiger partial charge on any atom is 0.248 e. The van der Waals surface area contributed by atoms with E-state index in [9.17, 15) is 13.2 Å². The Hall–Kier alpha value is -1.44. The van der Waals surface area contributed by atoms with Crippen LogP contribution in [0.25, 0.3) is 0 Å². The van der Waals surface area contributed by atoms with Crippen LogP contribution in [0, 0.1) is 11.8 Å². The van der Waals surface area contributed by atoms with Crippen molar-refractivity contribution in [2.24, 2.45) is 17.6 Å². The lowest BCUT2D eigenvalue weighted by Crippen LogP contribution is -2.32. The molecule has 2 aliphatic rings. The first-order valence-corrected chi connectivity index (χ1v) is 7.60. The van der Waals surface area contributed by atoms with Crippen LogP contribution >= 0.6 is 0 Å². The molecule has 4 N–H and O–H groups in total. The molecule has 1 aromatic carbocycles. The number of carbonyl (C=O) groups excluding carboxylic acids is 1. The van der Waals surface area contributed by atoms with Gasteiger partial charge in [-0.05, 0) is 49.2 Å². The Labute approximate surface area is 111 Å². The Bertz CT molecular complexity index is 602. The van der Waals surface area contributed by atoms with Gasteiger partial charge in [-0.3, -0.25) is 4.79 Å². The van der Waals surface area contributed by atoms with Crippen LogP contribution in [-0.2, 0) is 10.0 Å². The second-order valence-corrected chi connectivity index (χ2v) is 6.74. The fourth-order valence-electron chi connectivity index (χ4n) is 2.64. The molecule has 1 amide bonds. The number of sulfonamides is 1. The Morgan fingerprint density at radius 2 is 1.79 bits per heavy atom. The fraction of sp³-hybridized carbons (Fsp3) is 0.417. The normalized spacial score (nSPS) is 28.9. The molecule has 7 heteroatoms. The number of nitrogens with one attached hydrogen (secondary N) is 2. The standard InChI is InChI=1S/C12H15N3O3S/c13-12(16)7-1-3-8(4-2-7)19(17,18)15-11-9-5-14-6-10(9)11/h1-4,9-11,14-15H,5-6H2,(H2,13,16). The smallest absolute Gasteiger partial charge is 0.248 e. The van der Waals surface area contributed by atoms with E-state index in [4.69, 9.17) is 5.73 Å². The molecule has 0 radical (unpaired) electrons. The largest absolute Gasteiger partial charge is 0.366 e. The van der Waals surface area contributed by atoms with E-state index in [1.54, 1.807) is 0 Å². The molecule has 1 aliphatic heterocycles. The number of hydrogen-bond donors (Lipinski definition) is 3. The second kappa shape index (κ2) is 4.29. The molecule has 0 bridgehead atoms. The van der Waals surface area contributed by atoms with Gasteiger partial charge in [0.05, 0.1) is 4.90 Å². The first-order chi connectivity index (χ1) is 8.99.